The lowest BCUT2D eigenvalue weighted by Crippen LogP contribution is -2.50. The molecular weight excluding hydrogens is 477 g/mol. The third-order valence-corrected chi connectivity index (χ3v) is 8.48. The van der Waals surface area contributed by atoms with Crippen molar-refractivity contribution in [1.82, 2.24) is 9.80 Å². The molecule has 36 heavy (non-hydrogen) atoms. The van der Waals surface area contributed by atoms with Gasteiger partial charge < -0.3 is 19.3 Å². The number of carbonyl (C=O) groups excluding carboxylic acids is 1. The van der Waals surface area contributed by atoms with E-state index < -0.39 is 11.9 Å². The van der Waals surface area contributed by atoms with Crippen molar-refractivity contribution >= 4 is 24.3 Å². The second kappa shape index (κ2) is 13.7. The van der Waals surface area contributed by atoms with Crippen LogP contribution in [0.2, 0.25) is 0 Å². The quantitative estimate of drug-likeness (QED) is 0.298. The fourth-order valence-corrected chi connectivity index (χ4v) is 6.49. The van der Waals surface area contributed by atoms with Crippen LogP contribution in [0.5, 0.6) is 0 Å². The number of ether oxygens (including phenoxy) is 2. The highest BCUT2D eigenvalue weighted by molar-refractivity contribution is 7.98. The molecule has 1 heterocycles. The highest BCUT2D eigenvalue weighted by Crippen LogP contribution is 2.43. The van der Waals surface area contributed by atoms with Crippen molar-refractivity contribution in [1.29, 1.82) is 0 Å². The van der Waals surface area contributed by atoms with Gasteiger partial charge in [0.05, 0.1) is 19.5 Å². The monoisotopic (exact) mass is 521 g/mol. The fraction of sp³-hybridized carbons (Fsp3) is 0.714. The van der Waals surface area contributed by atoms with Gasteiger partial charge in [0.1, 0.15) is 5.82 Å². The first kappa shape index (κ1) is 28.8. The number of nitrogens with zero attached hydrogens (tertiary/aromatic N) is 3. The normalized spacial score (nSPS) is 26.9. The summed E-state index contributed by atoms with van der Waals surface area (Å²) in [6.07, 6.45) is 11.6. The van der Waals surface area contributed by atoms with E-state index in [2.05, 4.69) is 37.1 Å². The Morgan fingerprint density at radius 2 is 1.94 bits per heavy atom. The Morgan fingerprint density at radius 3 is 2.53 bits per heavy atom. The topological polar surface area (TPSA) is 54.4 Å². The molecule has 0 amide bonds. The van der Waals surface area contributed by atoms with Gasteiger partial charge in [0, 0.05) is 19.0 Å². The lowest BCUT2D eigenvalue weighted by molar-refractivity contribution is -0.0589. The number of hydrogen-bond donors (Lipinski definition) is 0. The number of methoxy groups -OCH3 is 1. The molecule has 1 aromatic carbocycles. The van der Waals surface area contributed by atoms with Crippen molar-refractivity contribution in [3.8, 4) is 0 Å². The Hall–Kier alpha value is -1.80. The average Bonchev–Trinajstić information content (AvgIpc) is 3.20. The number of hydrogen-bond acceptors (Lipinski definition) is 7. The SMILES string of the molecule is CCCCN1C=NC(CCSC)(OC(=O)OC)C1CC1CCC(C(c2ccc(F)cc2)N(C)C)CC1. The van der Waals surface area contributed by atoms with Crippen molar-refractivity contribution in [2.75, 3.05) is 39.8 Å². The minimum atomic E-state index is -0.888. The summed E-state index contributed by atoms with van der Waals surface area (Å²) in [6, 6.07) is 7.30. The Morgan fingerprint density at radius 1 is 1.25 bits per heavy atom. The lowest BCUT2D eigenvalue weighted by Gasteiger charge is -2.41. The Balaban J connectivity index is 1.72. The summed E-state index contributed by atoms with van der Waals surface area (Å²) in [5, 5.41) is 0. The molecule has 1 fully saturated rings. The van der Waals surface area contributed by atoms with Crippen LogP contribution in [0, 0.1) is 17.7 Å². The average molecular weight is 522 g/mol. The first-order valence-corrected chi connectivity index (χ1v) is 14.7. The van der Waals surface area contributed by atoms with Gasteiger partial charge in [0.2, 0.25) is 5.72 Å². The second-order valence-electron chi connectivity index (χ2n) is 10.5. The molecule has 202 valence electrons. The van der Waals surface area contributed by atoms with Gasteiger partial charge >= 0.3 is 6.16 Å². The molecular formula is C28H44FN3O3S. The van der Waals surface area contributed by atoms with Crippen molar-refractivity contribution in [3.05, 3.63) is 35.6 Å². The van der Waals surface area contributed by atoms with Crippen molar-refractivity contribution < 1.29 is 18.7 Å². The third-order valence-electron chi connectivity index (χ3n) is 7.87. The van der Waals surface area contributed by atoms with E-state index in [0.717, 1.165) is 57.2 Å². The summed E-state index contributed by atoms with van der Waals surface area (Å²) in [5.74, 6) is 1.75. The van der Waals surface area contributed by atoms with Gasteiger partial charge in [-0.3, -0.25) is 0 Å². The molecule has 1 aromatic rings. The zero-order valence-electron chi connectivity index (χ0n) is 22.6. The van der Waals surface area contributed by atoms with Crippen molar-refractivity contribution in [2.24, 2.45) is 16.8 Å². The number of rotatable bonds is 12. The molecule has 3 unspecified atom stereocenters. The van der Waals surface area contributed by atoms with Crippen LogP contribution in [0.1, 0.15) is 69.9 Å². The summed E-state index contributed by atoms with van der Waals surface area (Å²) in [4.78, 5) is 21.7. The van der Waals surface area contributed by atoms with E-state index in [9.17, 15) is 9.18 Å². The maximum absolute atomic E-state index is 13.5. The summed E-state index contributed by atoms with van der Waals surface area (Å²) in [5.41, 5.74) is 0.295. The third kappa shape index (κ3) is 7.15. The largest absolute Gasteiger partial charge is 0.510 e. The van der Waals surface area contributed by atoms with E-state index >= 15 is 0 Å². The first-order chi connectivity index (χ1) is 17.3. The Labute approximate surface area is 221 Å². The van der Waals surface area contributed by atoms with Crippen LogP contribution < -0.4 is 0 Å². The van der Waals surface area contributed by atoms with E-state index in [0.29, 0.717) is 18.3 Å². The molecule has 1 aliphatic carbocycles. The summed E-state index contributed by atoms with van der Waals surface area (Å²) in [6.45, 7) is 3.11. The molecule has 6 nitrogen and oxygen atoms in total. The van der Waals surface area contributed by atoms with Crippen molar-refractivity contribution in [2.45, 2.75) is 76.1 Å². The zero-order valence-corrected chi connectivity index (χ0v) is 23.4. The molecule has 2 aliphatic rings. The molecule has 3 atom stereocenters. The van der Waals surface area contributed by atoms with Crippen LogP contribution in [0.15, 0.2) is 29.3 Å². The van der Waals surface area contributed by atoms with Gasteiger partial charge in [0.15, 0.2) is 0 Å². The number of halogens is 1. The number of aliphatic imine (C=N–C) groups is 1. The van der Waals surface area contributed by atoms with Crippen molar-refractivity contribution in [3.63, 3.8) is 0 Å². The van der Waals surface area contributed by atoms with Crippen LogP contribution in [-0.4, -0.2) is 73.8 Å². The highest BCUT2D eigenvalue weighted by Gasteiger charge is 2.49. The Kier molecular flexibility index (Phi) is 10.9. The molecule has 1 aliphatic heterocycles. The van der Waals surface area contributed by atoms with E-state index in [1.54, 1.807) is 23.9 Å². The van der Waals surface area contributed by atoms with Gasteiger partial charge in [-0.15, -0.1) is 0 Å². The lowest BCUT2D eigenvalue weighted by atomic mass is 9.73. The molecule has 0 N–H and O–H groups in total. The van der Waals surface area contributed by atoms with E-state index in [4.69, 9.17) is 14.5 Å². The van der Waals surface area contributed by atoms with E-state index in [1.165, 1.54) is 12.7 Å². The van der Waals surface area contributed by atoms with Gasteiger partial charge in [-0.1, -0.05) is 38.3 Å². The Bertz CT molecular complexity index is 845. The second-order valence-corrected chi connectivity index (χ2v) is 11.5. The molecule has 8 heteroatoms. The van der Waals surface area contributed by atoms with Gasteiger partial charge in [-0.25, -0.2) is 14.2 Å². The highest BCUT2D eigenvalue weighted by atomic mass is 32.2. The smallest absolute Gasteiger partial charge is 0.438 e. The minimum absolute atomic E-state index is 0.0265. The fourth-order valence-electron chi connectivity index (χ4n) is 5.99. The number of thioether (sulfide) groups is 1. The molecule has 0 bridgehead atoms. The van der Waals surface area contributed by atoms with Gasteiger partial charge in [0.25, 0.3) is 0 Å². The number of carbonyl (C=O) groups is 1. The van der Waals surface area contributed by atoms with Crippen LogP contribution >= 0.6 is 11.8 Å². The summed E-state index contributed by atoms with van der Waals surface area (Å²) in [7, 11) is 5.59. The van der Waals surface area contributed by atoms with Gasteiger partial charge in [-0.05, 0) is 81.3 Å². The predicted octanol–water partition coefficient (Wildman–Crippen LogP) is 6.37. The minimum Gasteiger partial charge on any atom is -0.438 e. The van der Waals surface area contributed by atoms with Crippen LogP contribution in [-0.2, 0) is 9.47 Å². The zero-order chi connectivity index (χ0) is 26.1. The molecule has 0 aromatic heterocycles. The maximum atomic E-state index is 13.5. The van der Waals surface area contributed by atoms with Gasteiger partial charge in [-0.2, -0.15) is 11.8 Å². The van der Waals surface area contributed by atoms with Crippen LogP contribution in [0.3, 0.4) is 0 Å². The molecule has 0 radical (unpaired) electrons. The maximum Gasteiger partial charge on any atom is 0.510 e. The van der Waals surface area contributed by atoms with E-state index in [-0.39, 0.29) is 17.9 Å². The van der Waals surface area contributed by atoms with Crippen LogP contribution in [0.4, 0.5) is 9.18 Å². The first-order valence-electron chi connectivity index (χ1n) is 13.3. The standard InChI is InChI=1S/C28H44FN3O3S/c1-6-7-17-32-20-30-28(16-18-36-5,35-27(33)34-4)25(32)19-21-8-10-22(11-9-21)26(31(2)3)23-12-14-24(29)15-13-23/h12-15,20-22,25-26H,6-11,16-19H2,1-5H3. The molecule has 0 saturated heterocycles. The molecule has 3 rings (SSSR count). The number of unbranched alkanes of at least 4 members (excludes halogenated alkanes) is 1. The molecule has 0 spiro atoms. The molecule has 1 saturated carbocycles. The van der Waals surface area contributed by atoms with Crippen LogP contribution in [0.25, 0.3) is 0 Å². The van der Waals surface area contributed by atoms with E-state index in [1.807, 2.05) is 18.5 Å². The predicted molar refractivity (Wildman–Crippen MR) is 146 cm³/mol. The number of benzene rings is 1. The summed E-state index contributed by atoms with van der Waals surface area (Å²) < 4.78 is 24.3. The summed E-state index contributed by atoms with van der Waals surface area (Å²) >= 11 is 1.74.